The SMILES string of the molecule is CCCNCCNCCN(CCNCCC)CCN(CCCCCNCCCc1ccc(O)c(O)c1)CCN(CCNCCCc1ccc(O)c(O)c1)CCNCCNCCNCCCc1ccc(O)c(O)c1.O.O.O. The highest BCUT2D eigenvalue weighted by atomic mass is 16.3. The maximum Gasteiger partial charge on any atom is 0.157 e. The number of hydrogen-bond acceptors (Lipinski definition) is 17. The second-order valence-corrected chi connectivity index (χ2v) is 19.4. The zero-order valence-corrected chi connectivity index (χ0v) is 46.7. The average molecular weight is 1080 g/mol. The van der Waals surface area contributed by atoms with Crippen LogP contribution in [0.4, 0.5) is 0 Å². The molecule has 0 saturated heterocycles. The molecule has 3 aromatic carbocycles. The van der Waals surface area contributed by atoms with E-state index in [9.17, 15) is 30.6 Å². The minimum absolute atomic E-state index is 0. The van der Waals surface area contributed by atoms with Crippen molar-refractivity contribution in [1.82, 2.24) is 57.2 Å². The van der Waals surface area contributed by atoms with Crippen LogP contribution in [0.2, 0.25) is 0 Å². The summed E-state index contributed by atoms with van der Waals surface area (Å²) < 4.78 is 0. The molecule has 3 rings (SSSR count). The molecule has 0 aliphatic rings. The summed E-state index contributed by atoms with van der Waals surface area (Å²) in [5.41, 5.74) is 3.08. The van der Waals surface area contributed by atoms with Gasteiger partial charge >= 0.3 is 0 Å². The lowest BCUT2D eigenvalue weighted by molar-refractivity contribution is 0.173. The smallest absolute Gasteiger partial charge is 0.157 e. The molecule has 440 valence electrons. The highest BCUT2D eigenvalue weighted by Gasteiger charge is 2.13. The van der Waals surface area contributed by atoms with Gasteiger partial charge in [-0.05, 0) is 163 Å². The van der Waals surface area contributed by atoms with Crippen molar-refractivity contribution in [2.75, 3.05) is 164 Å². The quantitative estimate of drug-likeness (QED) is 0.0280. The third-order valence-corrected chi connectivity index (χ3v) is 13.1. The highest BCUT2D eigenvalue weighted by molar-refractivity contribution is 5.42. The fraction of sp³-hybridized carbons (Fsp3) is 0.679. The highest BCUT2D eigenvalue weighted by Crippen LogP contribution is 2.27. The molecule has 20 N–H and O–H groups in total. The number of unbranched alkanes of at least 4 members (excludes halogenated alkanes) is 2. The molecule has 0 radical (unpaired) electrons. The van der Waals surface area contributed by atoms with Crippen LogP contribution in [0, 0.1) is 0 Å². The van der Waals surface area contributed by atoms with Crippen LogP contribution in [0.15, 0.2) is 54.6 Å². The van der Waals surface area contributed by atoms with Gasteiger partial charge in [0, 0.05) is 118 Å². The van der Waals surface area contributed by atoms with E-state index in [0.717, 1.165) is 245 Å². The van der Waals surface area contributed by atoms with Crippen molar-refractivity contribution in [2.24, 2.45) is 0 Å². The number of benzene rings is 3. The minimum atomic E-state index is -0.0830. The molecule has 0 atom stereocenters. The van der Waals surface area contributed by atoms with Crippen LogP contribution in [0.5, 0.6) is 34.5 Å². The fourth-order valence-electron chi connectivity index (χ4n) is 8.59. The summed E-state index contributed by atoms with van der Waals surface area (Å²) in [6, 6.07) is 15.2. The molecule has 0 unspecified atom stereocenters. The third kappa shape index (κ3) is 36.1. The van der Waals surface area contributed by atoms with Gasteiger partial charge in [-0.25, -0.2) is 0 Å². The van der Waals surface area contributed by atoms with Gasteiger partial charge in [-0.3, -0.25) is 9.80 Å². The molecule has 20 nitrogen and oxygen atoms in total. The van der Waals surface area contributed by atoms with Gasteiger partial charge in [-0.15, -0.1) is 0 Å². The topological polar surface area (TPSA) is 322 Å². The predicted octanol–water partition coefficient (Wildman–Crippen LogP) is 1.26. The van der Waals surface area contributed by atoms with Crippen LogP contribution in [-0.2, 0) is 19.3 Å². The van der Waals surface area contributed by atoms with Gasteiger partial charge < -0.3 is 94.5 Å². The first-order valence-corrected chi connectivity index (χ1v) is 28.0. The molecule has 76 heavy (non-hydrogen) atoms. The Morgan fingerprint density at radius 1 is 0.276 bits per heavy atom. The van der Waals surface area contributed by atoms with Gasteiger partial charge in [0.15, 0.2) is 34.5 Å². The van der Waals surface area contributed by atoms with E-state index in [1.807, 2.05) is 18.2 Å². The van der Waals surface area contributed by atoms with Crippen LogP contribution < -0.4 is 42.5 Å². The fourth-order valence-corrected chi connectivity index (χ4v) is 8.59. The Labute approximate surface area is 456 Å². The van der Waals surface area contributed by atoms with Crippen LogP contribution in [0.1, 0.15) is 81.9 Å². The Bertz CT molecular complexity index is 1810. The molecule has 3 aromatic rings. The molecule has 0 fully saturated rings. The first-order chi connectivity index (χ1) is 35.7. The van der Waals surface area contributed by atoms with E-state index in [1.165, 1.54) is 6.42 Å². The second-order valence-electron chi connectivity index (χ2n) is 19.4. The lowest BCUT2D eigenvalue weighted by Gasteiger charge is -2.30. The predicted molar refractivity (Wildman–Crippen MR) is 312 cm³/mol. The van der Waals surface area contributed by atoms with Crippen molar-refractivity contribution in [2.45, 2.75) is 84.5 Å². The lowest BCUT2D eigenvalue weighted by Crippen LogP contribution is -2.45. The van der Waals surface area contributed by atoms with Crippen molar-refractivity contribution in [3.05, 3.63) is 71.3 Å². The van der Waals surface area contributed by atoms with E-state index in [-0.39, 0.29) is 50.9 Å². The van der Waals surface area contributed by atoms with E-state index >= 15 is 0 Å². The first kappa shape index (κ1) is 71.9. The molecule has 0 aromatic heterocycles. The van der Waals surface area contributed by atoms with Crippen LogP contribution in [0.3, 0.4) is 0 Å². The lowest BCUT2D eigenvalue weighted by atomic mass is 10.1. The Balaban J connectivity index is 0.0000187. The van der Waals surface area contributed by atoms with Gasteiger partial charge in [-0.2, -0.15) is 0 Å². The summed E-state index contributed by atoms with van der Waals surface area (Å²) in [6.45, 7) is 28.8. The summed E-state index contributed by atoms with van der Waals surface area (Å²) in [5.74, 6) is -0.425. The summed E-state index contributed by atoms with van der Waals surface area (Å²) in [5, 5.41) is 87.2. The number of nitrogens with zero attached hydrogens (tertiary/aromatic N) is 3. The molecule has 20 heteroatoms. The molecule has 0 bridgehead atoms. The van der Waals surface area contributed by atoms with Crippen molar-refractivity contribution < 1.29 is 47.1 Å². The van der Waals surface area contributed by atoms with Gasteiger partial charge in [0.05, 0.1) is 0 Å². The largest absolute Gasteiger partial charge is 0.504 e. The molecular weight excluding hydrogens is 971 g/mol. The molecule has 0 aliphatic heterocycles. The Morgan fingerprint density at radius 2 is 0.553 bits per heavy atom. The van der Waals surface area contributed by atoms with E-state index < -0.39 is 0 Å². The van der Waals surface area contributed by atoms with Crippen molar-refractivity contribution in [3.8, 4) is 34.5 Å². The minimum Gasteiger partial charge on any atom is -0.504 e. The molecule has 0 heterocycles. The van der Waals surface area contributed by atoms with Gasteiger partial charge in [-0.1, -0.05) is 38.5 Å². The van der Waals surface area contributed by atoms with Crippen LogP contribution in [0.25, 0.3) is 0 Å². The normalized spacial score (nSPS) is 11.3. The molecule has 0 amide bonds. The Hall–Kier alpha value is -4.10. The molecule has 0 aliphatic carbocycles. The molecule has 0 spiro atoms. The zero-order chi connectivity index (χ0) is 52.4. The van der Waals surface area contributed by atoms with E-state index in [1.54, 1.807) is 36.4 Å². The standard InChI is InChI=1S/C56H101N11O6.3H2O/c1-3-20-57-26-30-63-34-39-66(37-32-58-21-4-2)43-41-65(36-7-5-6-22-59-23-8-11-48-14-17-51(68)54(71)45-48)42-44-67(38-33-61-25-10-13-50-16-19-53(70)56(73)47-50)40-35-64-31-29-62-28-27-60-24-9-12-49-15-18-52(69)55(72)46-49;;;/h14-19,45-47,57-64,68-73H,3-13,20-44H2,1-2H3;3*1H2. The van der Waals surface area contributed by atoms with Crippen LogP contribution >= 0.6 is 0 Å². The van der Waals surface area contributed by atoms with Crippen molar-refractivity contribution >= 4 is 0 Å². The van der Waals surface area contributed by atoms with E-state index in [2.05, 4.69) is 71.1 Å². The van der Waals surface area contributed by atoms with E-state index in [4.69, 9.17) is 0 Å². The monoisotopic (exact) mass is 1080 g/mol. The summed E-state index contributed by atoms with van der Waals surface area (Å²) in [6.07, 6.45) is 11.2. The maximum atomic E-state index is 9.93. The number of rotatable bonds is 49. The zero-order valence-electron chi connectivity index (χ0n) is 46.7. The third-order valence-electron chi connectivity index (χ3n) is 13.1. The summed E-state index contributed by atoms with van der Waals surface area (Å²) in [7, 11) is 0. The Kier molecular flexibility index (Phi) is 45.5. The van der Waals surface area contributed by atoms with Gasteiger partial charge in [0.2, 0.25) is 0 Å². The van der Waals surface area contributed by atoms with Crippen LogP contribution in [-0.4, -0.2) is 225 Å². The van der Waals surface area contributed by atoms with Crippen molar-refractivity contribution in [1.29, 1.82) is 0 Å². The van der Waals surface area contributed by atoms with Crippen molar-refractivity contribution in [3.63, 3.8) is 0 Å². The summed E-state index contributed by atoms with van der Waals surface area (Å²) in [4.78, 5) is 7.94. The molecule has 0 saturated carbocycles. The van der Waals surface area contributed by atoms with Gasteiger partial charge in [0.1, 0.15) is 0 Å². The maximum absolute atomic E-state index is 9.93. The van der Waals surface area contributed by atoms with Gasteiger partial charge in [0.25, 0.3) is 0 Å². The molecular formula is C56H107N11O9. The first-order valence-electron chi connectivity index (χ1n) is 28.0. The number of aromatic hydroxyl groups is 6. The second kappa shape index (κ2) is 48.1. The summed E-state index contributed by atoms with van der Waals surface area (Å²) >= 11 is 0. The number of nitrogens with one attached hydrogen (secondary N) is 8. The number of phenols is 6. The van der Waals surface area contributed by atoms with E-state index in [0.29, 0.717) is 0 Å². The average Bonchev–Trinajstić information content (AvgIpc) is 3.38. The number of phenolic OH excluding ortho intramolecular Hbond substituents is 6. The number of aryl methyl sites for hydroxylation is 3. The number of hydrogen-bond donors (Lipinski definition) is 14. The Morgan fingerprint density at radius 3 is 0.908 bits per heavy atom.